The van der Waals surface area contributed by atoms with Crippen molar-refractivity contribution in [1.29, 1.82) is 5.26 Å². The average molecular weight is 485 g/mol. The number of nitrogens with one attached hydrogen (secondary N) is 2. The fraction of sp³-hybridized carbons (Fsp3) is 0.542. The van der Waals surface area contributed by atoms with Crippen LogP contribution in [0.5, 0.6) is 5.75 Å². The lowest BCUT2D eigenvalue weighted by Crippen LogP contribution is -2.58. The summed E-state index contributed by atoms with van der Waals surface area (Å²) in [4.78, 5) is 29.2. The summed E-state index contributed by atoms with van der Waals surface area (Å²) in [5.41, 5.74) is 1.03. The number of fused-ring (bicyclic) bond motifs is 2. The van der Waals surface area contributed by atoms with Gasteiger partial charge in [-0.15, -0.1) is 0 Å². The molecule has 5 rings (SSSR count). The van der Waals surface area contributed by atoms with E-state index in [-0.39, 0.29) is 30.8 Å². The number of nitriles is 1. The van der Waals surface area contributed by atoms with Crippen molar-refractivity contribution >= 4 is 23.2 Å². The highest BCUT2D eigenvalue weighted by molar-refractivity contribution is 6.32. The van der Waals surface area contributed by atoms with Gasteiger partial charge in [-0.1, -0.05) is 32.4 Å². The summed E-state index contributed by atoms with van der Waals surface area (Å²) in [5, 5.41) is 19.1. The van der Waals surface area contributed by atoms with Gasteiger partial charge < -0.3 is 15.4 Å². The minimum absolute atomic E-state index is 0.0369. The second-order valence-corrected chi connectivity index (χ2v) is 10.1. The second-order valence-electron chi connectivity index (χ2n) is 9.75. The first-order valence-corrected chi connectivity index (χ1v) is 11.8. The Morgan fingerprint density at radius 1 is 1.38 bits per heavy atom. The van der Waals surface area contributed by atoms with Crippen LogP contribution in [0.4, 0.5) is 5.69 Å². The minimum Gasteiger partial charge on any atom is -0.477 e. The lowest BCUT2D eigenvalue weighted by Gasteiger charge is -2.62. The third-order valence-electron chi connectivity index (χ3n) is 7.61. The SMILES string of the molecule is C[C@@H]1[C@H]2C[C@@H](C[C@H]1Nc1cnn(CC(=O)NCc3ccncc3OCC#N)c(=O)c1Cl)C2(C)C. The molecule has 34 heavy (non-hydrogen) atoms. The Morgan fingerprint density at radius 2 is 2.18 bits per heavy atom. The van der Waals surface area contributed by atoms with Gasteiger partial charge in [0.15, 0.2) is 6.61 Å². The number of ether oxygens (including phenoxy) is 1. The third-order valence-corrected chi connectivity index (χ3v) is 7.98. The second kappa shape index (κ2) is 9.63. The predicted molar refractivity (Wildman–Crippen MR) is 127 cm³/mol. The molecule has 0 aromatic carbocycles. The predicted octanol–water partition coefficient (Wildman–Crippen LogP) is 2.99. The first-order valence-electron chi connectivity index (χ1n) is 11.4. The van der Waals surface area contributed by atoms with Crippen LogP contribution >= 0.6 is 11.6 Å². The van der Waals surface area contributed by atoms with Gasteiger partial charge >= 0.3 is 0 Å². The van der Waals surface area contributed by atoms with E-state index in [9.17, 15) is 9.59 Å². The number of carbonyl (C=O) groups excluding carboxylic acids is 1. The number of hydrogen-bond acceptors (Lipinski definition) is 7. The number of pyridine rings is 1. The van der Waals surface area contributed by atoms with E-state index in [1.807, 2.05) is 6.07 Å². The number of anilines is 1. The van der Waals surface area contributed by atoms with Gasteiger partial charge in [-0.3, -0.25) is 14.6 Å². The third kappa shape index (κ3) is 4.60. The molecule has 3 fully saturated rings. The van der Waals surface area contributed by atoms with Crippen LogP contribution in [0.3, 0.4) is 0 Å². The van der Waals surface area contributed by atoms with Crippen LogP contribution in [0.25, 0.3) is 0 Å². The smallest absolute Gasteiger partial charge is 0.288 e. The largest absolute Gasteiger partial charge is 0.477 e. The molecule has 1 amide bonds. The lowest BCUT2D eigenvalue weighted by atomic mass is 9.45. The Labute approximate surface area is 203 Å². The molecule has 180 valence electrons. The Hall–Kier alpha value is -3.12. The van der Waals surface area contributed by atoms with E-state index in [1.165, 1.54) is 18.8 Å². The molecule has 2 bridgehead atoms. The summed E-state index contributed by atoms with van der Waals surface area (Å²) < 4.78 is 6.36. The van der Waals surface area contributed by atoms with Gasteiger partial charge in [-0.05, 0) is 42.1 Å². The monoisotopic (exact) mass is 484 g/mol. The first-order chi connectivity index (χ1) is 16.2. The molecule has 3 aliphatic carbocycles. The Balaban J connectivity index is 1.37. The van der Waals surface area contributed by atoms with Crippen LogP contribution in [0.15, 0.2) is 29.5 Å². The molecule has 0 radical (unpaired) electrons. The van der Waals surface area contributed by atoms with Crippen molar-refractivity contribution in [3.8, 4) is 11.8 Å². The zero-order valence-corrected chi connectivity index (χ0v) is 20.3. The van der Waals surface area contributed by atoms with Crippen molar-refractivity contribution in [3.05, 3.63) is 45.6 Å². The number of rotatable bonds is 8. The maximum absolute atomic E-state index is 12.8. The normalized spacial score (nSPS) is 24.4. The van der Waals surface area contributed by atoms with Crippen molar-refractivity contribution in [3.63, 3.8) is 0 Å². The van der Waals surface area contributed by atoms with Gasteiger partial charge in [0.2, 0.25) is 5.91 Å². The van der Waals surface area contributed by atoms with Crippen molar-refractivity contribution < 1.29 is 9.53 Å². The van der Waals surface area contributed by atoms with Crippen LogP contribution < -0.4 is 20.9 Å². The van der Waals surface area contributed by atoms with Gasteiger partial charge in [0.1, 0.15) is 23.4 Å². The van der Waals surface area contributed by atoms with E-state index in [1.54, 1.807) is 12.3 Å². The molecule has 2 aromatic rings. The minimum atomic E-state index is -0.516. The molecule has 0 saturated heterocycles. The molecule has 3 aliphatic rings. The van der Waals surface area contributed by atoms with Crippen LogP contribution in [0.2, 0.25) is 5.02 Å². The van der Waals surface area contributed by atoms with E-state index >= 15 is 0 Å². The number of hydrogen-bond donors (Lipinski definition) is 2. The van der Waals surface area contributed by atoms with Gasteiger partial charge in [-0.2, -0.15) is 10.4 Å². The number of nitrogens with zero attached hydrogens (tertiary/aromatic N) is 4. The number of carbonyl (C=O) groups is 1. The molecule has 9 nitrogen and oxygen atoms in total. The summed E-state index contributed by atoms with van der Waals surface area (Å²) in [6, 6.07) is 3.82. The Morgan fingerprint density at radius 3 is 2.88 bits per heavy atom. The zero-order valence-electron chi connectivity index (χ0n) is 19.5. The van der Waals surface area contributed by atoms with Gasteiger partial charge in [0, 0.05) is 24.3 Å². The molecular formula is C24H29ClN6O3. The molecule has 3 saturated carbocycles. The Bertz CT molecular complexity index is 1170. The van der Waals surface area contributed by atoms with Crippen molar-refractivity contribution in [2.45, 2.75) is 52.7 Å². The van der Waals surface area contributed by atoms with Crippen molar-refractivity contribution in [2.24, 2.45) is 23.2 Å². The van der Waals surface area contributed by atoms with Gasteiger partial charge in [0.05, 0.1) is 18.1 Å². The van der Waals surface area contributed by atoms with Crippen molar-refractivity contribution in [2.75, 3.05) is 11.9 Å². The van der Waals surface area contributed by atoms with Crippen molar-refractivity contribution in [1.82, 2.24) is 20.1 Å². The number of amides is 1. The molecule has 10 heteroatoms. The zero-order chi connectivity index (χ0) is 24.5. The summed E-state index contributed by atoms with van der Waals surface area (Å²) in [7, 11) is 0. The van der Waals surface area contributed by atoms with Gasteiger partial charge in [0.25, 0.3) is 5.56 Å². The van der Waals surface area contributed by atoms with E-state index in [0.717, 1.165) is 11.1 Å². The van der Waals surface area contributed by atoms with Crippen LogP contribution in [0, 0.1) is 34.5 Å². The van der Waals surface area contributed by atoms with E-state index in [0.29, 0.717) is 40.2 Å². The van der Waals surface area contributed by atoms with E-state index < -0.39 is 11.5 Å². The first kappa shape index (κ1) is 24.0. The molecule has 4 atom stereocenters. The standard InChI is InChI=1S/C24H29ClN6O3/c1-14-17-8-16(24(17,2)3)9-18(14)30-19-11-29-31(23(33)22(19)25)13-21(32)28-10-15-4-6-27-12-20(15)34-7-5-26/h4,6,11-12,14,16-18,30H,7-10,13H2,1-3H3,(H,28,32)/t14-,16+,17-,18-/m1/s1. The molecule has 2 heterocycles. The molecule has 2 N–H and O–H groups in total. The topological polar surface area (TPSA) is 122 Å². The van der Waals surface area contributed by atoms with E-state index in [4.69, 9.17) is 21.6 Å². The summed E-state index contributed by atoms with van der Waals surface area (Å²) >= 11 is 6.38. The quantitative estimate of drug-likeness (QED) is 0.590. The molecule has 0 aliphatic heterocycles. The highest BCUT2D eigenvalue weighted by Gasteiger charge is 2.56. The molecule has 0 unspecified atom stereocenters. The van der Waals surface area contributed by atoms with Gasteiger partial charge in [-0.25, -0.2) is 4.68 Å². The summed E-state index contributed by atoms with van der Waals surface area (Å²) in [6.07, 6.45) is 6.87. The highest BCUT2D eigenvalue weighted by Crippen LogP contribution is 2.61. The molecule has 2 aromatic heterocycles. The number of halogens is 1. The maximum atomic E-state index is 12.8. The fourth-order valence-corrected chi connectivity index (χ4v) is 5.60. The highest BCUT2D eigenvalue weighted by atomic mass is 35.5. The fourth-order valence-electron chi connectivity index (χ4n) is 5.40. The molecule has 0 spiro atoms. The average Bonchev–Trinajstić information content (AvgIpc) is 2.82. The molecular weight excluding hydrogens is 456 g/mol. The van der Waals surface area contributed by atoms with E-state index in [2.05, 4.69) is 41.5 Å². The summed E-state index contributed by atoms with van der Waals surface area (Å²) in [6.45, 7) is 6.71. The lowest BCUT2D eigenvalue weighted by molar-refractivity contribution is -0.122. The Kier molecular flexibility index (Phi) is 6.80. The maximum Gasteiger partial charge on any atom is 0.288 e. The summed E-state index contributed by atoms with van der Waals surface area (Å²) in [5.74, 6) is 1.81. The van der Waals surface area contributed by atoms with Crippen LogP contribution in [0.1, 0.15) is 39.2 Å². The van der Waals surface area contributed by atoms with Crippen LogP contribution in [-0.2, 0) is 17.9 Å². The van der Waals surface area contributed by atoms with Crippen LogP contribution in [-0.4, -0.2) is 33.3 Å². The number of aromatic nitrogens is 3.